The number of nitrogens with zero attached hydrogens (tertiary/aromatic N) is 3. The number of hydrogen-bond acceptors (Lipinski definition) is 7. The number of thiazole rings is 1. The van der Waals surface area contributed by atoms with Gasteiger partial charge in [-0.1, -0.05) is 17.4 Å². The monoisotopic (exact) mass is 463 g/mol. The Bertz CT molecular complexity index is 1200. The third kappa shape index (κ3) is 5.78. The van der Waals surface area contributed by atoms with E-state index in [0.29, 0.717) is 30.6 Å². The number of aromatic nitrogens is 2. The molecule has 4 aromatic rings. The molecule has 0 radical (unpaired) electrons. The van der Waals surface area contributed by atoms with Gasteiger partial charge in [-0.25, -0.2) is 4.98 Å². The van der Waals surface area contributed by atoms with E-state index in [4.69, 9.17) is 14.2 Å². The third-order valence-corrected chi connectivity index (χ3v) is 5.78. The first kappa shape index (κ1) is 22.5. The molecule has 0 aliphatic carbocycles. The summed E-state index contributed by atoms with van der Waals surface area (Å²) in [7, 11) is 0. The summed E-state index contributed by atoms with van der Waals surface area (Å²) in [5, 5.41) is 0.588. The summed E-state index contributed by atoms with van der Waals surface area (Å²) in [6.07, 6.45) is 1.71. The van der Waals surface area contributed by atoms with Crippen molar-refractivity contribution in [3.63, 3.8) is 0 Å². The Hall–Kier alpha value is -3.65. The van der Waals surface area contributed by atoms with Crippen molar-refractivity contribution in [3.8, 4) is 17.2 Å². The summed E-state index contributed by atoms with van der Waals surface area (Å²) >= 11 is 1.44. The van der Waals surface area contributed by atoms with E-state index in [1.54, 1.807) is 23.2 Å². The van der Waals surface area contributed by atoms with Crippen LogP contribution in [0.25, 0.3) is 10.2 Å². The number of rotatable bonds is 10. The van der Waals surface area contributed by atoms with Gasteiger partial charge in [-0.3, -0.25) is 14.7 Å². The molecule has 0 spiro atoms. The maximum atomic E-state index is 13.2. The van der Waals surface area contributed by atoms with Crippen LogP contribution in [0.5, 0.6) is 17.2 Å². The first-order chi connectivity index (χ1) is 16.2. The minimum atomic E-state index is -0.210. The van der Waals surface area contributed by atoms with E-state index >= 15 is 0 Å². The Kier molecular flexibility index (Phi) is 7.36. The Morgan fingerprint density at radius 3 is 2.30 bits per heavy atom. The molecule has 2 heterocycles. The molecule has 0 N–H and O–H groups in total. The molecule has 2 aromatic carbocycles. The predicted molar refractivity (Wildman–Crippen MR) is 129 cm³/mol. The number of amides is 1. The number of carbonyl (C=O) groups excluding carboxylic acids is 1. The van der Waals surface area contributed by atoms with Gasteiger partial charge < -0.3 is 14.2 Å². The van der Waals surface area contributed by atoms with Crippen molar-refractivity contribution < 1.29 is 19.0 Å². The van der Waals surface area contributed by atoms with E-state index in [1.165, 1.54) is 11.3 Å². The molecule has 1 amide bonds. The topological polar surface area (TPSA) is 73.8 Å². The number of benzene rings is 2. The van der Waals surface area contributed by atoms with Crippen LogP contribution in [0.2, 0.25) is 0 Å². The van der Waals surface area contributed by atoms with Gasteiger partial charge in [0.25, 0.3) is 5.91 Å². The number of hydrogen-bond donors (Lipinski definition) is 0. The van der Waals surface area contributed by atoms with Gasteiger partial charge in [0.1, 0.15) is 17.2 Å². The zero-order chi connectivity index (χ0) is 23.0. The highest BCUT2D eigenvalue weighted by Gasteiger charge is 2.21. The van der Waals surface area contributed by atoms with Gasteiger partial charge in [-0.2, -0.15) is 0 Å². The average Bonchev–Trinajstić information content (AvgIpc) is 3.26. The average molecular weight is 464 g/mol. The maximum absolute atomic E-state index is 13.2. The molecular weight excluding hydrogens is 438 g/mol. The molecule has 170 valence electrons. The van der Waals surface area contributed by atoms with E-state index in [0.717, 1.165) is 27.4 Å². The van der Waals surface area contributed by atoms with Gasteiger partial charge in [0.15, 0.2) is 11.7 Å². The van der Waals surface area contributed by atoms with E-state index in [-0.39, 0.29) is 12.5 Å². The number of ether oxygens (including phenoxy) is 3. The number of carbonyl (C=O) groups is 1. The highest BCUT2D eigenvalue weighted by molar-refractivity contribution is 7.22. The Balaban J connectivity index is 1.55. The summed E-state index contributed by atoms with van der Waals surface area (Å²) in [4.78, 5) is 23.9. The van der Waals surface area contributed by atoms with E-state index in [9.17, 15) is 4.79 Å². The second-order valence-electron chi connectivity index (χ2n) is 7.05. The quantitative estimate of drug-likeness (QED) is 0.326. The lowest BCUT2D eigenvalue weighted by Crippen LogP contribution is -2.34. The number of pyridine rings is 1. The second-order valence-corrected chi connectivity index (χ2v) is 8.06. The van der Waals surface area contributed by atoms with Gasteiger partial charge in [0, 0.05) is 6.20 Å². The lowest BCUT2D eigenvalue weighted by atomic mass is 10.3. The van der Waals surface area contributed by atoms with Gasteiger partial charge in [0.05, 0.1) is 35.7 Å². The van der Waals surface area contributed by atoms with Crippen LogP contribution in [0.15, 0.2) is 66.9 Å². The van der Waals surface area contributed by atoms with Crippen molar-refractivity contribution in [1.29, 1.82) is 0 Å². The van der Waals surface area contributed by atoms with Crippen LogP contribution in [0.1, 0.15) is 19.5 Å². The fraction of sp³-hybridized carbons (Fsp3) is 0.240. The van der Waals surface area contributed by atoms with E-state index in [1.807, 2.05) is 62.4 Å². The molecule has 0 fully saturated rings. The first-order valence-corrected chi connectivity index (χ1v) is 11.6. The van der Waals surface area contributed by atoms with Gasteiger partial charge >= 0.3 is 0 Å². The van der Waals surface area contributed by atoms with Crippen molar-refractivity contribution in [3.05, 3.63) is 72.6 Å². The minimum Gasteiger partial charge on any atom is -0.494 e. The van der Waals surface area contributed by atoms with Crippen LogP contribution in [0.3, 0.4) is 0 Å². The molecule has 8 heteroatoms. The number of anilines is 1. The molecule has 0 unspecified atom stereocenters. The van der Waals surface area contributed by atoms with E-state index < -0.39 is 0 Å². The van der Waals surface area contributed by atoms with Crippen LogP contribution in [-0.4, -0.2) is 35.7 Å². The molecule has 0 saturated carbocycles. The smallest absolute Gasteiger partial charge is 0.267 e. The van der Waals surface area contributed by atoms with Crippen LogP contribution >= 0.6 is 11.3 Å². The molecule has 0 aliphatic heterocycles. The second kappa shape index (κ2) is 10.8. The summed E-state index contributed by atoms with van der Waals surface area (Å²) in [5.74, 6) is 1.92. The van der Waals surface area contributed by atoms with Crippen molar-refractivity contribution in [2.75, 3.05) is 24.7 Å². The lowest BCUT2D eigenvalue weighted by molar-refractivity contribution is -0.120. The molecule has 33 heavy (non-hydrogen) atoms. The fourth-order valence-corrected chi connectivity index (χ4v) is 4.21. The molecule has 0 saturated heterocycles. The third-order valence-electron chi connectivity index (χ3n) is 4.73. The summed E-state index contributed by atoms with van der Waals surface area (Å²) in [6.45, 7) is 5.23. The Labute approximate surface area is 196 Å². The van der Waals surface area contributed by atoms with Crippen LogP contribution in [-0.2, 0) is 11.3 Å². The van der Waals surface area contributed by atoms with Crippen molar-refractivity contribution in [1.82, 2.24) is 9.97 Å². The van der Waals surface area contributed by atoms with Crippen LogP contribution in [0, 0.1) is 0 Å². The number of fused-ring (bicyclic) bond motifs is 1. The Morgan fingerprint density at radius 1 is 0.909 bits per heavy atom. The lowest BCUT2D eigenvalue weighted by Gasteiger charge is -2.19. The molecule has 2 aromatic heterocycles. The fourth-order valence-electron chi connectivity index (χ4n) is 3.20. The molecule has 0 atom stereocenters. The van der Waals surface area contributed by atoms with Gasteiger partial charge in [-0.15, -0.1) is 0 Å². The normalized spacial score (nSPS) is 10.7. The first-order valence-electron chi connectivity index (χ1n) is 10.8. The van der Waals surface area contributed by atoms with E-state index in [2.05, 4.69) is 9.97 Å². The Morgan fingerprint density at radius 2 is 1.61 bits per heavy atom. The zero-order valence-electron chi connectivity index (χ0n) is 18.6. The largest absolute Gasteiger partial charge is 0.494 e. The molecule has 0 aliphatic rings. The highest BCUT2D eigenvalue weighted by atomic mass is 32.1. The zero-order valence-corrected chi connectivity index (χ0v) is 19.4. The van der Waals surface area contributed by atoms with Crippen molar-refractivity contribution >= 4 is 32.6 Å². The molecule has 0 bridgehead atoms. The minimum absolute atomic E-state index is 0.124. The maximum Gasteiger partial charge on any atom is 0.267 e. The highest BCUT2D eigenvalue weighted by Crippen LogP contribution is 2.32. The predicted octanol–water partition coefficient (Wildman–Crippen LogP) is 5.10. The summed E-state index contributed by atoms with van der Waals surface area (Å²) < 4.78 is 17.7. The SMILES string of the molecule is CCOc1ccc(OCC(=O)N(Cc2ccccn2)c2nc3ccc(OCC)cc3s2)cc1. The van der Waals surface area contributed by atoms with Crippen molar-refractivity contribution in [2.45, 2.75) is 20.4 Å². The van der Waals surface area contributed by atoms with Crippen molar-refractivity contribution in [2.24, 2.45) is 0 Å². The van der Waals surface area contributed by atoms with Gasteiger partial charge in [0.2, 0.25) is 0 Å². The molecule has 4 rings (SSSR count). The molecular formula is C25H25N3O4S. The summed E-state index contributed by atoms with van der Waals surface area (Å²) in [5.41, 5.74) is 1.57. The van der Waals surface area contributed by atoms with Crippen LogP contribution < -0.4 is 19.1 Å². The van der Waals surface area contributed by atoms with Crippen LogP contribution in [0.4, 0.5) is 5.13 Å². The summed E-state index contributed by atoms with van der Waals surface area (Å²) in [6, 6.07) is 18.6. The molecule has 7 nitrogen and oxygen atoms in total. The van der Waals surface area contributed by atoms with Gasteiger partial charge in [-0.05, 0) is 68.4 Å². The standard InChI is InChI=1S/C25H25N3O4S/c1-3-30-19-8-10-20(11-9-19)32-17-24(29)28(16-18-7-5-6-14-26-18)25-27-22-13-12-21(31-4-2)15-23(22)33-25/h5-15H,3-4,16-17H2,1-2H3.